The van der Waals surface area contributed by atoms with Gasteiger partial charge in [-0.3, -0.25) is 14.4 Å². The molecule has 0 amide bonds. The van der Waals surface area contributed by atoms with Gasteiger partial charge in [-0.2, -0.15) is 0 Å². The van der Waals surface area contributed by atoms with Crippen LogP contribution in [0, 0.1) is 0 Å². The fourth-order valence-corrected chi connectivity index (χ4v) is 4.76. The molecule has 2 aliphatic carbocycles. The molecule has 18 heavy (non-hydrogen) atoms. The minimum Gasteiger partial charge on any atom is -0.294 e. The maximum Gasteiger partial charge on any atom is 0.196 e. The van der Waals surface area contributed by atoms with Crippen LogP contribution in [-0.2, 0) is 25.2 Å². The molecule has 0 aromatic rings. The highest BCUT2D eigenvalue weighted by Gasteiger charge is 2.36. The van der Waals surface area contributed by atoms with Crippen molar-refractivity contribution in [1.29, 1.82) is 0 Å². The Hall–Kier alpha value is -1.53. The number of rotatable bonds is 0. The van der Waals surface area contributed by atoms with Gasteiger partial charge in [0.15, 0.2) is 17.3 Å². The highest BCUT2D eigenvalue weighted by atomic mass is 32.2. The summed E-state index contributed by atoms with van der Waals surface area (Å²) < 4.78 is 12.3. The van der Waals surface area contributed by atoms with Crippen LogP contribution >= 0.6 is 11.8 Å². The molecule has 0 saturated heterocycles. The van der Waals surface area contributed by atoms with Crippen LogP contribution in [-0.4, -0.2) is 21.6 Å². The summed E-state index contributed by atoms with van der Waals surface area (Å²) in [4.78, 5) is 36.0. The lowest BCUT2D eigenvalue weighted by molar-refractivity contribution is -0.114. The third-order valence-electron chi connectivity index (χ3n) is 2.68. The van der Waals surface area contributed by atoms with Crippen molar-refractivity contribution in [2.75, 3.05) is 0 Å². The van der Waals surface area contributed by atoms with Crippen molar-refractivity contribution in [3.63, 3.8) is 0 Å². The average Bonchev–Trinajstić information content (AvgIpc) is 2.33. The second-order valence-electron chi connectivity index (χ2n) is 3.85. The van der Waals surface area contributed by atoms with Crippen LogP contribution < -0.4 is 0 Å². The Morgan fingerprint density at radius 2 is 1.72 bits per heavy atom. The predicted octanol–water partition coefficient (Wildman–Crippen LogP) is 1.14. The molecular formula is C12H6O4S2. The highest BCUT2D eigenvalue weighted by Crippen LogP contribution is 2.44. The zero-order chi connectivity index (χ0) is 12.9. The fourth-order valence-electron chi connectivity index (χ4n) is 1.85. The van der Waals surface area contributed by atoms with E-state index in [2.05, 4.69) is 0 Å². The number of hydrogen-bond acceptors (Lipinski definition) is 5. The SMILES string of the molecule is O=C1C=CC2=C(C1)SC1=C(C(=O)C=CC1=O)S2=O. The fraction of sp³-hybridized carbons (Fsp3) is 0.0833. The minimum atomic E-state index is -1.66. The van der Waals surface area contributed by atoms with E-state index < -0.39 is 16.6 Å². The first kappa shape index (κ1) is 11.6. The van der Waals surface area contributed by atoms with E-state index in [-0.39, 0.29) is 27.8 Å². The largest absolute Gasteiger partial charge is 0.294 e. The molecule has 3 aliphatic rings. The Bertz CT molecular complexity index is 662. The van der Waals surface area contributed by atoms with Gasteiger partial charge in [0.05, 0.1) is 20.6 Å². The second kappa shape index (κ2) is 4.00. The zero-order valence-corrected chi connectivity index (χ0v) is 10.6. The summed E-state index contributed by atoms with van der Waals surface area (Å²) in [5.74, 6) is -0.809. The quantitative estimate of drug-likeness (QED) is 0.622. The molecule has 1 aliphatic heterocycles. The van der Waals surface area contributed by atoms with Crippen molar-refractivity contribution in [3.05, 3.63) is 43.9 Å². The summed E-state index contributed by atoms with van der Waals surface area (Å²) in [6, 6.07) is 0. The van der Waals surface area contributed by atoms with Gasteiger partial charge in [0, 0.05) is 11.3 Å². The van der Waals surface area contributed by atoms with E-state index in [1.165, 1.54) is 18.2 Å². The van der Waals surface area contributed by atoms with Crippen LogP contribution in [0.25, 0.3) is 0 Å². The summed E-state index contributed by atoms with van der Waals surface area (Å²) in [6.45, 7) is 0. The van der Waals surface area contributed by atoms with Gasteiger partial charge in [-0.1, -0.05) is 11.8 Å². The van der Waals surface area contributed by atoms with Crippen LogP contribution in [0.4, 0.5) is 0 Å². The van der Waals surface area contributed by atoms with Gasteiger partial charge in [0.25, 0.3) is 0 Å². The Balaban J connectivity index is 2.12. The van der Waals surface area contributed by atoms with Crippen LogP contribution in [0.3, 0.4) is 0 Å². The second-order valence-corrected chi connectivity index (χ2v) is 6.35. The van der Waals surface area contributed by atoms with E-state index in [1.54, 1.807) is 0 Å². The van der Waals surface area contributed by atoms with Crippen molar-refractivity contribution >= 4 is 39.9 Å². The Kier molecular flexibility index (Phi) is 2.57. The first-order valence-electron chi connectivity index (χ1n) is 5.12. The third kappa shape index (κ3) is 1.60. The van der Waals surface area contributed by atoms with E-state index in [4.69, 9.17) is 0 Å². The van der Waals surface area contributed by atoms with Crippen LogP contribution in [0.15, 0.2) is 43.9 Å². The van der Waals surface area contributed by atoms with Gasteiger partial charge in [0.2, 0.25) is 0 Å². The molecule has 1 unspecified atom stereocenters. The number of hydrogen-bond donors (Lipinski definition) is 0. The van der Waals surface area contributed by atoms with Gasteiger partial charge in [-0.05, 0) is 24.3 Å². The number of carbonyl (C=O) groups is 3. The molecular weight excluding hydrogens is 272 g/mol. The van der Waals surface area contributed by atoms with Gasteiger partial charge in [-0.15, -0.1) is 0 Å². The number of carbonyl (C=O) groups excluding carboxylic acids is 3. The molecule has 3 rings (SSSR count). The van der Waals surface area contributed by atoms with E-state index in [1.807, 2.05) is 0 Å². The van der Waals surface area contributed by atoms with Crippen molar-refractivity contribution in [3.8, 4) is 0 Å². The maximum absolute atomic E-state index is 12.3. The molecule has 0 spiro atoms. The predicted molar refractivity (Wildman–Crippen MR) is 67.7 cm³/mol. The Morgan fingerprint density at radius 3 is 2.50 bits per heavy atom. The Labute approximate surface area is 109 Å². The molecule has 0 saturated carbocycles. The molecule has 0 aromatic heterocycles. The first-order valence-corrected chi connectivity index (χ1v) is 7.09. The topological polar surface area (TPSA) is 68.3 Å². The molecule has 1 atom stereocenters. The molecule has 0 aromatic carbocycles. The standard InChI is InChI=1S/C12H6O4S2/c13-6-1-4-10-9(5-6)17-11-7(14)2-3-8(15)12(11)18(10)16/h1-4H,5H2. The summed E-state index contributed by atoms with van der Waals surface area (Å²) >= 11 is 1.09. The van der Waals surface area contributed by atoms with Crippen molar-refractivity contribution in [1.82, 2.24) is 0 Å². The van der Waals surface area contributed by atoms with E-state index >= 15 is 0 Å². The minimum absolute atomic E-state index is 0.0465. The molecule has 0 radical (unpaired) electrons. The smallest absolute Gasteiger partial charge is 0.196 e. The molecule has 6 heteroatoms. The summed E-state index contributed by atoms with van der Waals surface area (Å²) in [5.41, 5.74) is 0. The van der Waals surface area contributed by atoms with Crippen LogP contribution in [0.1, 0.15) is 6.42 Å². The lowest BCUT2D eigenvalue weighted by Crippen LogP contribution is -2.22. The van der Waals surface area contributed by atoms with E-state index in [9.17, 15) is 18.6 Å². The molecule has 0 bridgehead atoms. The van der Waals surface area contributed by atoms with Gasteiger partial charge < -0.3 is 0 Å². The summed E-state index contributed by atoms with van der Waals surface area (Å²) in [7, 11) is -1.66. The van der Waals surface area contributed by atoms with Crippen molar-refractivity contribution < 1.29 is 18.6 Å². The third-order valence-corrected chi connectivity index (χ3v) is 5.72. The lowest BCUT2D eigenvalue weighted by Gasteiger charge is -2.23. The molecule has 1 heterocycles. The van der Waals surface area contributed by atoms with E-state index in [0.717, 1.165) is 17.8 Å². The van der Waals surface area contributed by atoms with Gasteiger partial charge in [0.1, 0.15) is 4.91 Å². The van der Waals surface area contributed by atoms with Gasteiger partial charge >= 0.3 is 0 Å². The first-order chi connectivity index (χ1) is 8.58. The monoisotopic (exact) mass is 278 g/mol. The number of allylic oxidation sites excluding steroid dienone is 7. The number of ketones is 3. The van der Waals surface area contributed by atoms with Crippen molar-refractivity contribution in [2.24, 2.45) is 0 Å². The Morgan fingerprint density at radius 1 is 1.00 bits per heavy atom. The molecule has 0 N–H and O–H groups in total. The normalized spacial score (nSPS) is 26.7. The highest BCUT2D eigenvalue weighted by molar-refractivity contribution is 8.10. The maximum atomic E-state index is 12.3. The van der Waals surface area contributed by atoms with Crippen molar-refractivity contribution in [2.45, 2.75) is 6.42 Å². The zero-order valence-electron chi connectivity index (χ0n) is 8.97. The molecule has 0 fully saturated rings. The van der Waals surface area contributed by atoms with Gasteiger partial charge in [-0.25, -0.2) is 4.21 Å². The van der Waals surface area contributed by atoms with Crippen LogP contribution in [0.2, 0.25) is 0 Å². The lowest BCUT2D eigenvalue weighted by atomic mass is 10.1. The molecule has 90 valence electrons. The molecule has 4 nitrogen and oxygen atoms in total. The number of thioether (sulfide) groups is 1. The average molecular weight is 278 g/mol. The summed E-state index contributed by atoms with van der Waals surface area (Å²) in [6.07, 6.45) is 5.29. The van der Waals surface area contributed by atoms with E-state index in [0.29, 0.717) is 9.81 Å². The summed E-state index contributed by atoms with van der Waals surface area (Å²) in [5, 5.41) is 0. The van der Waals surface area contributed by atoms with Crippen LogP contribution in [0.5, 0.6) is 0 Å².